The van der Waals surface area contributed by atoms with Crippen molar-refractivity contribution in [3.8, 4) is 5.75 Å². The van der Waals surface area contributed by atoms with Crippen LogP contribution in [0.2, 0.25) is 0 Å². The van der Waals surface area contributed by atoms with Crippen molar-refractivity contribution in [2.75, 3.05) is 12.4 Å². The summed E-state index contributed by atoms with van der Waals surface area (Å²) in [5.41, 5.74) is 3.97. The van der Waals surface area contributed by atoms with Gasteiger partial charge in [0, 0.05) is 5.69 Å². The molecule has 9 heteroatoms. The number of halogens is 3. The number of ether oxygens (including phenoxy) is 1. The lowest BCUT2D eigenvalue weighted by atomic mass is 10.0. The minimum Gasteiger partial charge on any atom is -0.497 e. The van der Waals surface area contributed by atoms with Gasteiger partial charge in [-0.2, -0.15) is 0 Å². The van der Waals surface area contributed by atoms with Gasteiger partial charge in [0.25, 0.3) is 0 Å². The SMILES string of the molecule is CCc1cccc(CC)c1NC(=S)NC(NC(=O)Cc1ccc(OC)cc1)C(Cl)(Cl)Cl. The number of anilines is 1. The molecule has 0 spiro atoms. The molecule has 0 saturated heterocycles. The summed E-state index contributed by atoms with van der Waals surface area (Å²) in [4.78, 5) is 12.5. The lowest BCUT2D eigenvalue weighted by molar-refractivity contribution is -0.121. The zero-order chi connectivity index (χ0) is 23.0. The Hall–Kier alpha value is -1.73. The Morgan fingerprint density at radius 2 is 1.61 bits per heavy atom. The molecule has 0 bridgehead atoms. The van der Waals surface area contributed by atoms with E-state index < -0.39 is 9.96 Å². The molecule has 0 radical (unpaired) electrons. The molecule has 168 valence electrons. The number of aryl methyl sites for hydroxylation is 2. The summed E-state index contributed by atoms with van der Waals surface area (Å²) in [6.45, 7) is 4.14. The Bertz CT molecular complexity index is 880. The fourth-order valence-electron chi connectivity index (χ4n) is 3.02. The second-order valence-corrected chi connectivity index (χ2v) is 9.60. The number of benzene rings is 2. The maximum atomic E-state index is 12.5. The molecule has 5 nitrogen and oxygen atoms in total. The molecular weight excluding hydrogens is 477 g/mol. The maximum absolute atomic E-state index is 12.5. The van der Waals surface area contributed by atoms with Gasteiger partial charge < -0.3 is 20.7 Å². The Morgan fingerprint density at radius 1 is 1.03 bits per heavy atom. The quantitative estimate of drug-likeness (QED) is 0.264. The fraction of sp³-hybridized carbons (Fsp3) is 0.364. The van der Waals surface area contributed by atoms with Crippen LogP contribution in [0.25, 0.3) is 0 Å². The van der Waals surface area contributed by atoms with Gasteiger partial charge in [0.15, 0.2) is 5.11 Å². The van der Waals surface area contributed by atoms with Crippen molar-refractivity contribution >= 4 is 63.7 Å². The van der Waals surface area contributed by atoms with Crippen LogP contribution in [0.3, 0.4) is 0 Å². The molecule has 0 aromatic heterocycles. The number of amides is 1. The van der Waals surface area contributed by atoms with Crippen molar-refractivity contribution in [2.24, 2.45) is 0 Å². The molecule has 0 saturated carbocycles. The third-order valence-electron chi connectivity index (χ3n) is 4.67. The molecule has 1 atom stereocenters. The highest BCUT2D eigenvalue weighted by atomic mass is 35.6. The van der Waals surface area contributed by atoms with Crippen LogP contribution in [-0.2, 0) is 24.1 Å². The highest BCUT2D eigenvalue weighted by Gasteiger charge is 2.34. The number of rotatable bonds is 8. The van der Waals surface area contributed by atoms with E-state index in [1.54, 1.807) is 31.4 Å². The van der Waals surface area contributed by atoms with Crippen LogP contribution >= 0.6 is 47.0 Å². The normalized spacial score (nSPS) is 12.1. The average Bonchev–Trinajstić information content (AvgIpc) is 2.73. The number of nitrogens with one attached hydrogen (secondary N) is 3. The predicted octanol–water partition coefficient (Wildman–Crippen LogP) is 5.16. The average molecular weight is 503 g/mol. The van der Waals surface area contributed by atoms with Crippen molar-refractivity contribution < 1.29 is 9.53 Å². The second kappa shape index (κ2) is 11.8. The number of alkyl halides is 3. The minimum atomic E-state index is -1.82. The van der Waals surface area contributed by atoms with Gasteiger partial charge in [0.1, 0.15) is 11.9 Å². The number of hydrogen-bond donors (Lipinski definition) is 3. The highest BCUT2D eigenvalue weighted by molar-refractivity contribution is 7.80. The summed E-state index contributed by atoms with van der Waals surface area (Å²) in [7, 11) is 1.58. The van der Waals surface area contributed by atoms with Crippen LogP contribution in [0, 0.1) is 0 Å². The number of carbonyl (C=O) groups excluding carboxylic acids is 1. The molecule has 31 heavy (non-hydrogen) atoms. The summed E-state index contributed by atoms with van der Waals surface area (Å²) < 4.78 is 3.30. The van der Waals surface area contributed by atoms with Gasteiger partial charge in [-0.15, -0.1) is 0 Å². The van der Waals surface area contributed by atoms with E-state index in [2.05, 4.69) is 29.8 Å². The van der Waals surface area contributed by atoms with Gasteiger partial charge in [-0.3, -0.25) is 4.79 Å². The first kappa shape index (κ1) is 25.5. The standard InChI is InChI=1S/C22H26Cl3N3O2S/c1-4-15-7-6-8-16(5-2)19(15)27-21(31)28-20(22(23,24)25)26-18(29)13-14-9-11-17(30-3)12-10-14/h6-12,20H,4-5,13H2,1-3H3,(H,26,29)(H2,27,28,31). The van der Waals surface area contributed by atoms with Crippen LogP contribution in [0.15, 0.2) is 42.5 Å². The summed E-state index contributed by atoms with van der Waals surface area (Å²) in [6.07, 6.45) is 0.764. The summed E-state index contributed by atoms with van der Waals surface area (Å²) in [5.74, 6) is 0.389. The van der Waals surface area contributed by atoms with Gasteiger partial charge in [0.2, 0.25) is 9.70 Å². The van der Waals surface area contributed by atoms with Gasteiger partial charge in [0.05, 0.1) is 13.5 Å². The fourth-order valence-corrected chi connectivity index (χ4v) is 3.57. The smallest absolute Gasteiger partial charge is 0.228 e. The number of methoxy groups -OCH3 is 1. The molecule has 0 aliphatic carbocycles. The molecule has 3 N–H and O–H groups in total. The Kier molecular flexibility index (Phi) is 9.69. The molecular formula is C22H26Cl3N3O2S. The monoisotopic (exact) mass is 501 g/mol. The number of hydrogen-bond acceptors (Lipinski definition) is 3. The topological polar surface area (TPSA) is 62.4 Å². The van der Waals surface area contributed by atoms with Crippen LogP contribution in [0.1, 0.15) is 30.5 Å². The van der Waals surface area contributed by atoms with E-state index in [1.165, 1.54) is 0 Å². The maximum Gasteiger partial charge on any atom is 0.228 e. The van der Waals surface area contributed by atoms with Crippen LogP contribution < -0.4 is 20.7 Å². The van der Waals surface area contributed by atoms with Crippen LogP contribution in [-0.4, -0.2) is 28.1 Å². The van der Waals surface area contributed by atoms with Crippen molar-refractivity contribution in [3.63, 3.8) is 0 Å². The molecule has 2 aromatic carbocycles. The molecule has 1 amide bonds. The highest BCUT2D eigenvalue weighted by Crippen LogP contribution is 2.29. The third kappa shape index (κ3) is 7.72. The van der Waals surface area contributed by atoms with Crippen molar-refractivity contribution in [2.45, 2.75) is 43.1 Å². The second-order valence-electron chi connectivity index (χ2n) is 6.82. The lowest BCUT2D eigenvalue weighted by Crippen LogP contribution is -2.56. The number of thiocarbonyl (C=S) groups is 1. The van der Waals surface area contributed by atoms with Crippen molar-refractivity contribution in [1.82, 2.24) is 10.6 Å². The van der Waals surface area contributed by atoms with Gasteiger partial charge in [-0.05, 0) is 53.9 Å². The summed E-state index contributed by atoms with van der Waals surface area (Å²) in [6, 6.07) is 13.3. The van der Waals surface area contributed by atoms with Crippen LogP contribution in [0.5, 0.6) is 5.75 Å². The van der Waals surface area contributed by atoms with E-state index in [1.807, 2.05) is 18.2 Å². The van der Waals surface area contributed by atoms with E-state index in [0.29, 0.717) is 5.75 Å². The van der Waals surface area contributed by atoms with Gasteiger partial charge in [-0.1, -0.05) is 79.0 Å². The summed E-state index contributed by atoms with van der Waals surface area (Å²) in [5, 5.41) is 9.06. The Labute approximate surface area is 203 Å². The molecule has 0 aliphatic rings. The molecule has 2 aromatic rings. The van der Waals surface area contributed by atoms with Gasteiger partial charge >= 0.3 is 0 Å². The largest absolute Gasteiger partial charge is 0.497 e. The molecule has 0 aliphatic heterocycles. The predicted molar refractivity (Wildman–Crippen MR) is 133 cm³/mol. The van der Waals surface area contributed by atoms with Crippen molar-refractivity contribution in [3.05, 3.63) is 59.2 Å². The van der Waals surface area contributed by atoms with E-state index >= 15 is 0 Å². The van der Waals surface area contributed by atoms with E-state index in [0.717, 1.165) is 35.2 Å². The Morgan fingerprint density at radius 3 is 2.10 bits per heavy atom. The Balaban J connectivity index is 2.07. The first-order chi connectivity index (χ1) is 14.7. The zero-order valence-electron chi connectivity index (χ0n) is 17.6. The first-order valence-electron chi connectivity index (χ1n) is 9.85. The number of carbonyl (C=O) groups is 1. The first-order valence-corrected chi connectivity index (χ1v) is 11.4. The molecule has 0 heterocycles. The third-order valence-corrected chi connectivity index (χ3v) is 5.54. The molecule has 1 unspecified atom stereocenters. The number of para-hydroxylation sites is 1. The van der Waals surface area contributed by atoms with E-state index in [-0.39, 0.29) is 17.4 Å². The molecule has 2 rings (SSSR count). The van der Waals surface area contributed by atoms with Crippen molar-refractivity contribution in [1.29, 1.82) is 0 Å². The van der Waals surface area contributed by atoms with Crippen LogP contribution in [0.4, 0.5) is 5.69 Å². The van der Waals surface area contributed by atoms with E-state index in [9.17, 15) is 4.79 Å². The lowest BCUT2D eigenvalue weighted by Gasteiger charge is -2.28. The molecule has 0 fully saturated rings. The van der Waals surface area contributed by atoms with Gasteiger partial charge in [-0.25, -0.2) is 0 Å². The van der Waals surface area contributed by atoms with E-state index in [4.69, 9.17) is 51.8 Å². The zero-order valence-corrected chi connectivity index (χ0v) is 20.7. The minimum absolute atomic E-state index is 0.113. The summed E-state index contributed by atoms with van der Waals surface area (Å²) >= 11 is 23.7.